The van der Waals surface area contributed by atoms with Crippen LogP contribution in [0.2, 0.25) is 0 Å². The summed E-state index contributed by atoms with van der Waals surface area (Å²) >= 11 is 0. The molecule has 1 aromatic heterocycles. The van der Waals surface area contributed by atoms with E-state index in [-0.39, 0.29) is 5.91 Å². The fraction of sp³-hybridized carbons (Fsp3) is 0.316. The highest BCUT2D eigenvalue weighted by Gasteiger charge is 2.10. The second-order valence-electron chi connectivity index (χ2n) is 5.53. The molecular formula is C19H25N5O. The van der Waals surface area contributed by atoms with Gasteiger partial charge in [0.1, 0.15) is 17.3 Å². The number of aryl methyl sites for hydroxylation is 1. The number of aromatic nitrogens is 2. The third-order valence-electron chi connectivity index (χ3n) is 3.75. The van der Waals surface area contributed by atoms with Crippen molar-refractivity contribution >= 4 is 23.1 Å². The van der Waals surface area contributed by atoms with E-state index in [4.69, 9.17) is 0 Å². The van der Waals surface area contributed by atoms with Gasteiger partial charge in [0.15, 0.2) is 0 Å². The van der Waals surface area contributed by atoms with Crippen molar-refractivity contribution in [2.45, 2.75) is 20.8 Å². The van der Waals surface area contributed by atoms with Crippen LogP contribution in [0.15, 0.2) is 43.0 Å². The van der Waals surface area contributed by atoms with E-state index in [1.54, 1.807) is 19.1 Å². The van der Waals surface area contributed by atoms with Crippen molar-refractivity contribution in [3.63, 3.8) is 0 Å². The van der Waals surface area contributed by atoms with Gasteiger partial charge in [-0.1, -0.05) is 6.08 Å². The molecule has 2 rings (SSSR count). The Kier molecular flexibility index (Phi) is 6.51. The first-order valence-electron chi connectivity index (χ1n) is 8.44. The van der Waals surface area contributed by atoms with E-state index in [1.807, 2.05) is 12.1 Å². The van der Waals surface area contributed by atoms with Gasteiger partial charge in [-0.15, -0.1) is 6.58 Å². The third-order valence-corrected chi connectivity index (χ3v) is 3.75. The van der Waals surface area contributed by atoms with E-state index in [0.717, 1.165) is 18.8 Å². The SMILES string of the molecule is C=CCNC(=O)c1cc(Nc2ccc(N(CC)CC)cc2)nc(C)n1. The van der Waals surface area contributed by atoms with Gasteiger partial charge in [-0.3, -0.25) is 4.79 Å². The lowest BCUT2D eigenvalue weighted by molar-refractivity contribution is 0.0952. The smallest absolute Gasteiger partial charge is 0.270 e. The molecule has 0 aliphatic heterocycles. The summed E-state index contributed by atoms with van der Waals surface area (Å²) in [5.74, 6) is 0.880. The summed E-state index contributed by atoms with van der Waals surface area (Å²) in [4.78, 5) is 22.9. The molecule has 25 heavy (non-hydrogen) atoms. The Bertz CT molecular complexity index is 723. The van der Waals surface area contributed by atoms with Crippen molar-refractivity contribution in [3.8, 4) is 0 Å². The van der Waals surface area contributed by atoms with Gasteiger partial charge in [0.2, 0.25) is 0 Å². The first-order chi connectivity index (χ1) is 12.1. The zero-order valence-electron chi connectivity index (χ0n) is 15.0. The second kappa shape index (κ2) is 8.82. The summed E-state index contributed by atoms with van der Waals surface area (Å²) < 4.78 is 0. The van der Waals surface area contributed by atoms with E-state index in [0.29, 0.717) is 23.9 Å². The van der Waals surface area contributed by atoms with Crippen LogP contribution >= 0.6 is 0 Å². The standard InChI is InChI=1S/C19H25N5O/c1-5-12-20-19(25)17-13-18(22-14(4)21-17)23-15-8-10-16(11-9-15)24(6-2)7-3/h5,8-11,13H,1,6-7,12H2,2-4H3,(H,20,25)(H,21,22,23). The van der Waals surface area contributed by atoms with E-state index in [1.165, 1.54) is 5.69 Å². The summed E-state index contributed by atoms with van der Waals surface area (Å²) in [7, 11) is 0. The molecule has 0 unspecified atom stereocenters. The first kappa shape index (κ1) is 18.4. The van der Waals surface area contributed by atoms with Crippen LogP contribution in [0.25, 0.3) is 0 Å². The molecule has 0 atom stereocenters. The molecule has 0 aliphatic rings. The molecule has 0 fully saturated rings. The van der Waals surface area contributed by atoms with Gasteiger partial charge in [0, 0.05) is 37.1 Å². The van der Waals surface area contributed by atoms with Crippen molar-refractivity contribution < 1.29 is 4.79 Å². The van der Waals surface area contributed by atoms with Crippen LogP contribution in [-0.4, -0.2) is 35.5 Å². The molecule has 0 saturated heterocycles. The highest BCUT2D eigenvalue weighted by Crippen LogP contribution is 2.20. The number of nitrogens with zero attached hydrogens (tertiary/aromatic N) is 3. The quantitative estimate of drug-likeness (QED) is 0.722. The fourth-order valence-electron chi connectivity index (χ4n) is 2.50. The van der Waals surface area contributed by atoms with Crippen molar-refractivity contribution in [1.29, 1.82) is 0 Å². The Morgan fingerprint density at radius 1 is 1.20 bits per heavy atom. The summed E-state index contributed by atoms with van der Waals surface area (Å²) in [6, 6.07) is 9.79. The molecule has 0 spiro atoms. The molecule has 2 aromatic rings. The molecular weight excluding hydrogens is 314 g/mol. The minimum Gasteiger partial charge on any atom is -0.372 e. The maximum Gasteiger partial charge on any atom is 0.270 e. The molecule has 0 saturated carbocycles. The van der Waals surface area contributed by atoms with Crippen LogP contribution < -0.4 is 15.5 Å². The number of anilines is 3. The second-order valence-corrected chi connectivity index (χ2v) is 5.53. The lowest BCUT2D eigenvalue weighted by Gasteiger charge is -2.21. The van der Waals surface area contributed by atoms with Gasteiger partial charge in [0.05, 0.1) is 0 Å². The van der Waals surface area contributed by atoms with Crippen LogP contribution in [0, 0.1) is 6.92 Å². The number of benzene rings is 1. The summed E-state index contributed by atoms with van der Waals surface area (Å²) in [6.45, 7) is 12.0. The van der Waals surface area contributed by atoms with Crippen LogP contribution in [0.1, 0.15) is 30.2 Å². The lowest BCUT2D eigenvalue weighted by Crippen LogP contribution is -2.24. The predicted octanol–water partition coefficient (Wildman–Crippen LogP) is 3.29. The zero-order valence-corrected chi connectivity index (χ0v) is 15.0. The van der Waals surface area contributed by atoms with E-state index in [9.17, 15) is 4.79 Å². The van der Waals surface area contributed by atoms with Gasteiger partial charge in [-0.05, 0) is 45.0 Å². The number of hydrogen-bond acceptors (Lipinski definition) is 5. The van der Waals surface area contributed by atoms with E-state index >= 15 is 0 Å². The average Bonchev–Trinajstić information content (AvgIpc) is 2.61. The van der Waals surface area contributed by atoms with Gasteiger partial charge < -0.3 is 15.5 Å². The molecule has 132 valence electrons. The Labute approximate surface area is 149 Å². The van der Waals surface area contributed by atoms with E-state index in [2.05, 4.69) is 58.1 Å². The normalized spacial score (nSPS) is 10.2. The molecule has 0 radical (unpaired) electrons. The van der Waals surface area contributed by atoms with Gasteiger partial charge in [0.25, 0.3) is 5.91 Å². The van der Waals surface area contributed by atoms with Crippen LogP contribution in [-0.2, 0) is 0 Å². The number of carbonyl (C=O) groups excluding carboxylic acids is 1. The Morgan fingerprint density at radius 2 is 1.88 bits per heavy atom. The molecule has 6 heteroatoms. The molecule has 0 bridgehead atoms. The highest BCUT2D eigenvalue weighted by atomic mass is 16.1. The zero-order chi connectivity index (χ0) is 18.2. The number of carbonyl (C=O) groups is 1. The predicted molar refractivity (Wildman–Crippen MR) is 103 cm³/mol. The molecule has 2 N–H and O–H groups in total. The maximum absolute atomic E-state index is 12.1. The largest absolute Gasteiger partial charge is 0.372 e. The summed E-state index contributed by atoms with van der Waals surface area (Å²) in [5.41, 5.74) is 2.42. The van der Waals surface area contributed by atoms with Crippen molar-refractivity contribution in [2.75, 3.05) is 29.9 Å². The molecule has 0 aliphatic carbocycles. The average molecular weight is 339 g/mol. The molecule has 6 nitrogen and oxygen atoms in total. The van der Waals surface area contributed by atoms with Gasteiger partial charge in [-0.2, -0.15) is 0 Å². The highest BCUT2D eigenvalue weighted by molar-refractivity contribution is 5.93. The number of amides is 1. The van der Waals surface area contributed by atoms with Gasteiger partial charge >= 0.3 is 0 Å². The minimum absolute atomic E-state index is 0.245. The van der Waals surface area contributed by atoms with Gasteiger partial charge in [-0.25, -0.2) is 9.97 Å². The monoisotopic (exact) mass is 339 g/mol. The fourth-order valence-corrected chi connectivity index (χ4v) is 2.50. The van der Waals surface area contributed by atoms with Crippen LogP contribution in [0.5, 0.6) is 0 Å². The molecule has 1 aromatic carbocycles. The number of nitrogens with one attached hydrogen (secondary N) is 2. The van der Waals surface area contributed by atoms with Crippen molar-refractivity contribution in [2.24, 2.45) is 0 Å². The van der Waals surface area contributed by atoms with E-state index < -0.39 is 0 Å². The Balaban J connectivity index is 2.15. The topological polar surface area (TPSA) is 70.2 Å². The third kappa shape index (κ3) is 5.04. The minimum atomic E-state index is -0.245. The molecule has 1 heterocycles. The Morgan fingerprint density at radius 3 is 2.48 bits per heavy atom. The first-order valence-corrected chi connectivity index (χ1v) is 8.44. The lowest BCUT2D eigenvalue weighted by atomic mass is 10.2. The maximum atomic E-state index is 12.1. The van der Waals surface area contributed by atoms with Crippen molar-refractivity contribution in [3.05, 3.63) is 54.5 Å². The van der Waals surface area contributed by atoms with Crippen molar-refractivity contribution in [1.82, 2.24) is 15.3 Å². The number of rotatable bonds is 8. The molecule has 1 amide bonds. The number of hydrogen-bond donors (Lipinski definition) is 2. The Hall–Kier alpha value is -2.89. The summed E-state index contributed by atoms with van der Waals surface area (Å²) in [5, 5.41) is 5.95. The van der Waals surface area contributed by atoms with Crippen LogP contribution in [0.3, 0.4) is 0 Å². The van der Waals surface area contributed by atoms with Crippen LogP contribution in [0.4, 0.5) is 17.2 Å². The summed E-state index contributed by atoms with van der Waals surface area (Å²) in [6.07, 6.45) is 1.63.